The Kier molecular flexibility index (Phi) is 4.73. The number of pyridine rings is 1. The van der Waals surface area contributed by atoms with Crippen molar-refractivity contribution in [3.05, 3.63) is 65.6 Å². The van der Waals surface area contributed by atoms with Crippen molar-refractivity contribution in [2.75, 3.05) is 5.73 Å². The van der Waals surface area contributed by atoms with E-state index in [2.05, 4.69) is 15.0 Å². The lowest BCUT2D eigenvalue weighted by molar-refractivity contribution is -0.137. The first kappa shape index (κ1) is 20.8. The zero-order valence-corrected chi connectivity index (χ0v) is 17.2. The summed E-state index contributed by atoms with van der Waals surface area (Å²) in [5.74, 6) is -0.0946. The molecule has 0 radical (unpaired) electrons. The van der Waals surface area contributed by atoms with Crippen LogP contribution in [0.3, 0.4) is 0 Å². The van der Waals surface area contributed by atoms with Gasteiger partial charge in [-0.1, -0.05) is 17.7 Å². The van der Waals surface area contributed by atoms with Gasteiger partial charge in [-0.15, -0.1) is 0 Å². The molecular formula is C20H16F3N5O2S. The third-order valence-electron chi connectivity index (χ3n) is 4.76. The number of aromatic nitrogens is 4. The normalized spacial score (nSPS) is 12.4. The first-order valence-corrected chi connectivity index (χ1v) is 10.4. The molecule has 0 aliphatic rings. The number of fused-ring (bicyclic) bond motifs is 1. The lowest BCUT2D eigenvalue weighted by atomic mass is 10.1. The second kappa shape index (κ2) is 7.05. The predicted octanol–water partition coefficient (Wildman–Crippen LogP) is 3.95. The van der Waals surface area contributed by atoms with Crippen molar-refractivity contribution in [2.24, 2.45) is 0 Å². The summed E-state index contributed by atoms with van der Waals surface area (Å²) in [5.41, 5.74) is 6.24. The standard InChI is InChI=1S/C20H16F3N5O2S/c1-11-3-5-14(6-4-11)31(29,30)28-10-16(17-12(2)8-26-19(24)27-17)15-7-13(20(21,22)23)9-25-18(15)28/h3-10H,1-2H3,(H2,24,26,27). The van der Waals surface area contributed by atoms with E-state index in [0.29, 0.717) is 11.8 Å². The van der Waals surface area contributed by atoms with E-state index >= 15 is 0 Å². The first-order chi connectivity index (χ1) is 14.5. The van der Waals surface area contributed by atoms with E-state index in [1.807, 2.05) is 6.92 Å². The van der Waals surface area contributed by atoms with Gasteiger partial charge in [-0.25, -0.2) is 27.3 Å². The van der Waals surface area contributed by atoms with Gasteiger partial charge in [-0.3, -0.25) is 0 Å². The summed E-state index contributed by atoms with van der Waals surface area (Å²) >= 11 is 0. The van der Waals surface area contributed by atoms with Crippen molar-refractivity contribution >= 4 is 27.0 Å². The van der Waals surface area contributed by atoms with Crippen LogP contribution in [0.25, 0.3) is 22.3 Å². The molecule has 0 amide bonds. The maximum Gasteiger partial charge on any atom is 0.417 e. The van der Waals surface area contributed by atoms with Gasteiger partial charge in [0.1, 0.15) is 0 Å². The Balaban J connectivity index is 2.06. The molecule has 11 heteroatoms. The molecule has 31 heavy (non-hydrogen) atoms. The Morgan fingerprint density at radius 2 is 1.71 bits per heavy atom. The molecule has 7 nitrogen and oxygen atoms in total. The number of aryl methyl sites for hydroxylation is 2. The van der Waals surface area contributed by atoms with Crippen molar-refractivity contribution in [1.82, 2.24) is 18.9 Å². The summed E-state index contributed by atoms with van der Waals surface area (Å²) in [5, 5.41) is -0.0216. The van der Waals surface area contributed by atoms with Gasteiger partial charge in [0.05, 0.1) is 16.2 Å². The molecule has 0 aliphatic heterocycles. The summed E-state index contributed by atoms with van der Waals surface area (Å²) in [6, 6.07) is 6.97. The number of nitrogens with two attached hydrogens (primary N) is 1. The fourth-order valence-electron chi connectivity index (χ4n) is 3.16. The number of halogens is 3. The van der Waals surface area contributed by atoms with E-state index in [9.17, 15) is 21.6 Å². The van der Waals surface area contributed by atoms with Crippen molar-refractivity contribution < 1.29 is 21.6 Å². The van der Waals surface area contributed by atoms with Gasteiger partial charge in [-0.2, -0.15) is 13.2 Å². The topological polar surface area (TPSA) is 104 Å². The molecule has 3 aromatic heterocycles. The average Bonchev–Trinajstić information content (AvgIpc) is 3.09. The third-order valence-corrected chi connectivity index (χ3v) is 6.43. The molecule has 1 aromatic carbocycles. The molecule has 3 heterocycles. The van der Waals surface area contributed by atoms with Crippen LogP contribution in [0.4, 0.5) is 19.1 Å². The fraction of sp³-hybridized carbons (Fsp3) is 0.150. The Morgan fingerprint density at radius 1 is 1.03 bits per heavy atom. The van der Waals surface area contributed by atoms with Crippen molar-refractivity contribution in [3.8, 4) is 11.3 Å². The van der Waals surface area contributed by atoms with Crippen LogP contribution < -0.4 is 5.73 Å². The van der Waals surface area contributed by atoms with E-state index in [1.54, 1.807) is 19.1 Å². The van der Waals surface area contributed by atoms with E-state index in [-0.39, 0.29) is 33.1 Å². The van der Waals surface area contributed by atoms with E-state index in [1.165, 1.54) is 24.5 Å². The highest BCUT2D eigenvalue weighted by molar-refractivity contribution is 7.90. The van der Waals surface area contributed by atoms with Gasteiger partial charge in [0.15, 0.2) is 5.65 Å². The number of anilines is 1. The molecule has 160 valence electrons. The van der Waals surface area contributed by atoms with Crippen LogP contribution in [0.2, 0.25) is 0 Å². The molecule has 0 saturated heterocycles. The van der Waals surface area contributed by atoms with E-state index in [0.717, 1.165) is 15.6 Å². The number of hydrogen-bond donors (Lipinski definition) is 1. The van der Waals surface area contributed by atoms with Gasteiger partial charge < -0.3 is 5.73 Å². The van der Waals surface area contributed by atoms with Crippen LogP contribution in [0.5, 0.6) is 0 Å². The van der Waals surface area contributed by atoms with Gasteiger partial charge >= 0.3 is 6.18 Å². The predicted molar refractivity (Wildman–Crippen MR) is 109 cm³/mol. The summed E-state index contributed by atoms with van der Waals surface area (Å²) in [6.45, 7) is 3.45. The average molecular weight is 447 g/mol. The Hall–Kier alpha value is -3.47. The zero-order valence-electron chi connectivity index (χ0n) is 16.3. The number of hydrogen-bond acceptors (Lipinski definition) is 6. The highest BCUT2D eigenvalue weighted by Gasteiger charge is 2.33. The lowest BCUT2D eigenvalue weighted by Crippen LogP contribution is -2.13. The molecule has 0 aliphatic carbocycles. The Morgan fingerprint density at radius 3 is 2.35 bits per heavy atom. The largest absolute Gasteiger partial charge is 0.417 e. The summed E-state index contributed by atoms with van der Waals surface area (Å²) in [6.07, 6.45) is -1.43. The molecule has 0 fully saturated rings. The third kappa shape index (κ3) is 3.61. The van der Waals surface area contributed by atoms with Crippen molar-refractivity contribution in [3.63, 3.8) is 0 Å². The molecule has 2 N–H and O–H groups in total. The van der Waals surface area contributed by atoms with Crippen LogP contribution in [0.15, 0.2) is 53.8 Å². The molecule has 0 saturated carbocycles. The second-order valence-corrected chi connectivity index (χ2v) is 8.82. The maximum absolute atomic E-state index is 13.3. The first-order valence-electron chi connectivity index (χ1n) is 8.98. The van der Waals surface area contributed by atoms with Crippen LogP contribution in [-0.4, -0.2) is 27.3 Å². The zero-order chi connectivity index (χ0) is 22.6. The summed E-state index contributed by atoms with van der Waals surface area (Å²) in [4.78, 5) is 11.8. The highest BCUT2D eigenvalue weighted by Crippen LogP contribution is 2.37. The molecule has 4 rings (SSSR count). The van der Waals surface area contributed by atoms with Crippen LogP contribution in [-0.2, 0) is 16.2 Å². The molecular weight excluding hydrogens is 431 g/mol. The van der Waals surface area contributed by atoms with Crippen molar-refractivity contribution in [1.29, 1.82) is 0 Å². The Bertz CT molecular complexity index is 1410. The lowest BCUT2D eigenvalue weighted by Gasteiger charge is -2.09. The molecule has 0 unspecified atom stereocenters. The number of benzene rings is 1. The number of nitrogens with zero attached hydrogens (tertiary/aromatic N) is 4. The molecule has 0 spiro atoms. The summed E-state index contributed by atoms with van der Waals surface area (Å²) in [7, 11) is -4.14. The molecule has 0 bridgehead atoms. The van der Waals surface area contributed by atoms with Crippen molar-refractivity contribution in [2.45, 2.75) is 24.9 Å². The SMILES string of the molecule is Cc1ccc(S(=O)(=O)n2cc(-c3nc(N)ncc3C)c3cc(C(F)(F)F)cnc32)cc1. The fourth-order valence-corrected chi connectivity index (χ4v) is 4.48. The highest BCUT2D eigenvalue weighted by atomic mass is 32.2. The minimum Gasteiger partial charge on any atom is -0.368 e. The maximum atomic E-state index is 13.3. The second-order valence-electron chi connectivity index (χ2n) is 7.01. The van der Waals surface area contributed by atoms with Crippen LogP contribution in [0, 0.1) is 13.8 Å². The molecule has 0 atom stereocenters. The number of rotatable bonds is 3. The van der Waals surface area contributed by atoms with Gasteiger partial charge in [0.2, 0.25) is 5.95 Å². The van der Waals surface area contributed by atoms with Crippen LogP contribution in [0.1, 0.15) is 16.7 Å². The number of nitrogen functional groups attached to an aromatic ring is 1. The van der Waals surface area contributed by atoms with E-state index in [4.69, 9.17) is 5.73 Å². The van der Waals surface area contributed by atoms with E-state index < -0.39 is 21.8 Å². The monoisotopic (exact) mass is 447 g/mol. The van der Waals surface area contributed by atoms with Gasteiger partial charge in [0.25, 0.3) is 10.0 Å². The minimum atomic E-state index is -4.66. The Labute approximate surface area is 175 Å². The minimum absolute atomic E-state index is 0.0216. The summed E-state index contributed by atoms with van der Waals surface area (Å²) < 4.78 is 67.4. The smallest absolute Gasteiger partial charge is 0.368 e. The quantitative estimate of drug-likeness (QED) is 0.510. The van der Waals surface area contributed by atoms with Crippen LogP contribution >= 0.6 is 0 Å². The number of alkyl halides is 3. The van der Waals surface area contributed by atoms with Gasteiger partial charge in [-0.05, 0) is 37.6 Å². The van der Waals surface area contributed by atoms with Gasteiger partial charge in [0, 0.05) is 29.5 Å². The molecule has 4 aromatic rings.